The Bertz CT molecular complexity index is 1470. The first-order chi connectivity index (χ1) is 20.2. The Morgan fingerprint density at radius 2 is 1.83 bits per heavy atom. The highest BCUT2D eigenvalue weighted by atomic mass is 16.5. The zero-order valence-electron chi connectivity index (χ0n) is 24.2. The average Bonchev–Trinajstić information content (AvgIpc) is 3.49. The van der Waals surface area contributed by atoms with E-state index in [4.69, 9.17) is 9.72 Å². The molecule has 3 aromatic rings. The fraction of sp³-hybridized carbons (Fsp3) is 0.581. The molecular weight excluding hydrogens is 534 g/mol. The van der Waals surface area contributed by atoms with Crippen LogP contribution in [0.25, 0.3) is 16.6 Å². The summed E-state index contributed by atoms with van der Waals surface area (Å²) in [5.41, 5.74) is 1.75. The maximum absolute atomic E-state index is 10.6. The molecule has 3 N–H and O–H groups in total. The number of aromatic nitrogens is 3. The van der Waals surface area contributed by atoms with E-state index in [9.17, 15) is 20.6 Å². The molecule has 8 rings (SSSR count). The molecular formula is C31H39N7O4. The molecule has 0 aliphatic carbocycles. The minimum Gasteiger partial charge on any atom is -0.491 e. The number of fused-ring (bicyclic) bond motifs is 5. The third-order valence-electron chi connectivity index (χ3n) is 9.73. The summed E-state index contributed by atoms with van der Waals surface area (Å²) in [6.45, 7) is 6.11. The van der Waals surface area contributed by atoms with Crippen molar-refractivity contribution >= 4 is 11.3 Å². The van der Waals surface area contributed by atoms with Gasteiger partial charge in [0, 0.05) is 61.1 Å². The number of piperazine rings is 1. The van der Waals surface area contributed by atoms with Crippen molar-refractivity contribution in [2.75, 3.05) is 31.1 Å². The van der Waals surface area contributed by atoms with Crippen molar-refractivity contribution in [3.05, 3.63) is 42.4 Å². The van der Waals surface area contributed by atoms with Gasteiger partial charge in [0.15, 0.2) is 0 Å². The van der Waals surface area contributed by atoms with Gasteiger partial charge in [0.25, 0.3) is 0 Å². The molecule has 11 heteroatoms. The van der Waals surface area contributed by atoms with Crippen molar-refractivity contribution in [2.45, 2.75) is 88.1 Å². The van der Waals surface area contributed by atoms with E-state index in [1.54, 1.807) is 24.6 Å². The van der Waals surface area contributed by atoms with Crippen molar-refractivity contribution in [3.8, 4) is 22.9 Å². The van der Waals surface area contributed by atoms with Crippen LogP contribution in [0.2, 0.25) is 0 Å². The average molecular weight is 574 g/mol. The highest BCUT2D eigenvalue weighted by molar-refractivity contribution is 5.85. The van der Waals surface area contributed by atoms with Gasteiger partial charge in [-0.15, -0.1) is 0 Å². The highest BCUT2D eigenvalue weighted by Crippen LogP contribution is 2.39. The molecule has 6 atom stereocenters. The number of rotatable bonds is 8. The molecule has 0 spiro atoms. The Labute approximate surface area is 245 Å². The van der Waals surface area contributed by atoms with Gasteiger partial charge in [0.1, 0.15) is 30.5 Å². The Kier molecular flexibility index (Phi) is 6.87. The highest BCUT2D eigenvalue weighted by Gasteiger charge is 2.50. The third-order valence-corrected chi connectivity index (χ3v) is 9.73. The number of hydrogen-bond donors (Lipinski definition) is 3. The van der Waals surface area contributed by atoms with Crippen LogP contribution in [0.15, 0.2) is 36.8 Å². The number of pyridine rings is 2. The van der Waals surface area contributed by atoms with Crippen LogP contribution in [-0.2, 0) is 0 Å². The Balaban J connectivity index is 1.07. The normalized spacial score (nSPS) is 28.5. The molecule has 8 heterocycles. The van der Waals surface area contributed by atoms with Gasteiger partial charge in [-0.05, 0) is 64.2 Å². The summed E-state index contributed by atoms with van der Waals surface area (Å²) in [5.74, 6) is 1.55. The van der Waals surface area contributed by atoms with Crippen LogP contribution < -0.4 is 9.64 Å². The number of aliphatic hydroxyl groups excluding tert-OH is 2. The molecule has 4 bridgehead atoms. The molecule has 42 heavy (non-hydrogen) atoms. The zero-order valence-corrected chi connectivity index (χ0v) is 24.2. The number of anilines is 1. The number of piperidine rings is 2. The molecule has 3 aromatic heterocycles. The Morgan fingerprint density at radius 1 is 1.10 bits per heavy atom. The van der Waals surface area contributed by atoms with E-state index in [1.165, 1.54) is 0 Å². The second-order valence-electron chi connectivity index (χ2n) is 13.0. The molecule has 0 aromatic carbocycles. The molecule has 11 nitrogen and oxygen atoms in total. The fourth-order valence-corrected chi connectivity index (χ4v) is 7.68. The van der Waals surface area contributed by atoms with Crippen LogP contribution in [0.4, 0.5) is 5.82 Å². The molecule has 0 saturated carbocycles. The summed E-state index contributed by atoms with van der Waals surface area (Å²) in [7, 11) is 0. The number of ether oxygens (including phenoxy) is 1. The Morgan fingerprint density at radius 3 is 2.48 bits per heavy atom. The van der Waals surface area contributed by atoms with E-state index in [2.05, 4.69) is 21.0 Å². The maximum atomic E-state index is 10.6. The quantitative estimate of drug-likeness (QED) is 0.367. The molecule has 3 unspecified atom stereocenters. The molecule has 0 radical (unpaired) electrons. The van der Waals surface area contributed by atoms with E-state index >= 15 is 0 Å². The molecule has 5 saturated heterocycles. The van der Waals surface area contributed by atoms with Gasteiger partial charge >= 0.3 is 0 Å². The standard InChI is InChI=1S/C31H39N7O4/c1-31(2,41)30(40)38-23-9-24(38)17-35(16-23)28-6-3-19(14-33-28)27-12-26(18-37-29(27)20(13-32)15-34-37)42-8-7-36-21-4-5-22(36)11-25(39)10-21/h3,6,12,14-15,18,21-25,30,39-41H,4-5,7-11,16-17H2,1-2H3/t21-,22+,23?,24?,25+,30?. The monoisotopic (exact) mass is 573 g/mol. The SMILES string of the molecule is CC(C)(O)C(O)N1C2CC1CN(c1ccc(-c3cc(OCCN4[C@@H]5CC[C@H]4C[C@@H](O)C5)cn4ncc(C#N)c34)cn1)C2. The second kappa shape index (κ2) is 10.5. The van der Waals surface area contributed by atoms with Crippen LogP contribution in [0, 0.1) is 11.3 Å². The predicted molar refractivity (Wildman–Crippen MR) is 156 cm³/mol. The minimum absolute atomic E-state index is 0.176. The number of aliphatic hydroxyl groups is 3. The van der Waals surface area contributed by atoms with Gasteiger partial charge in [0.2, 0.25) is 0 Å². The molecule has 0 amide bonds. The zero-order chi connectivity index (χ0) is 29.2. The first-order valence-electron chi connectivity index (χ1n) is 15.1. The summed E-state index contributed by atoms with van der Waals surface area (Å²) in [6, 6.07) is 9.49. The summed E-state index contributed by atoms with van der Waals surface area (Å²) < 4.78 is 7.95. The molecule has 5 aliphatic rings. The van der Waals surface area contributed by atoms with E-state index in [0.29, 0.717) is 30.0 Å². The van der Waals surface area contributed by atoms with Crippen molar-refractivity contribution in [3.63, 3.8) is 0 Å². The van der Waals surface area contributed by atoms with E-state index < -0.39 is 11.8 Å². The molecule has 222 valence electrons. The van der Waals surface area contributed by atoms with Gasteiger partial charge in [-0.3, -0.25) is 9.80 Å². The van der Waals surface area contributed by atoms with Crippen LogP contribution in [-0.4, -0.2) is 108 Å². The predicted octanol–water partition coefficient (Wildman–Crippen LogP) is 1.99. The van der Waals surface area contributed by atoms with Gasteiger partial charge in [-0.1, -0.05) is 0 Å². The van der Waals surface area contributed by atoms with Crippen molar-refractivity contribution < 1.29 is 20.1 Å². The summed E-state index contributed by atoms with van der Waals surface area (Å²) in [4.78, 5) is 11.5. The fourth-order valence-electron chi connectivity index (χ4n) is 7.68. The summed E-state index contributed by atoms with van der Waals surface area (Å²) in [5, 5.41) is 45.2. The van der Waals surface area contributed by atoms with E-state index in [1.807, 2.05) is 35.5 Å². The van der Waals surface area contributed by atoms with Crippen molar-refractivity contribution in [1.82, 2.24) is 24.4 Å². The number of nitrogens with zero attached hydrogens (tertiary/aromatic N) is 7. The van der Waals surface area contributed by atoms with Gasteiger partial charge in [-0.2, -0.15) is 10.4 Å². The first kappa shape index (κ1) is 27.6. The smallest absolute Gasteiger partial charge is 0.138 e. The Hall–Kier alpha value is -3.27. The number of nitriles is 1. The van der Waals surface area contributed by atoms with Crippen molar-refractivity contribution in [2.24, 2.45) is 0 Å². The van der Waals surface area contributed by atoms with Gasteiger partial charge in [0.05, 0.1) is 35.2 Å². The molecule has 5 fully saturated rings. The lowest BCUT2D eigenvalue weighted by atomic mass is 9.85. The second-order valence-corrected chi connectivity index (χ2v) is 13.0. The van der Waals surface area contributed by atoms with Crippen LogP contribution in [0.3, 0.4) is 0 Å². The third kappa shape index (κ3) is 4.81. The largest absolute Gasteiger partial charge is 0.491 e. The first-order valence-corrected chi connectivity index (χ1v) is 15.1. The van der Waals surface area contributed by atoms with E-state index in [0.717, 1.165) is 74.2 Å². The van der Waals surface area contributed by atoms with Gasteiger partial charge in [-0.25, -0.2) is 9.50 Å². The van der Waals surface area contributed by atoms with Gasteiger partial charge < -0.3 is 25.0 Å². The van der Waals surface area contributed by atoms with E-state index in [-0.39, 0.29) is 18.2 Å². The topological polar surface area (TPSA) is 134 Å². The lowest BCUT2D eigenvalue weighted by molar-refractivity contribution is -0.197. The lowest BCUT2D eigenvalue weighted by Crippen LogP contribution is -2.74. The van der Waals surface area contributed by atoms with Crippen LogP contribution in [0.5, 0.6) is 5.75 Å². The summed E-state index contributed by atoms with van der Waals surface area (Å²) in [6.07, 6.45) is 9.16. The van der Waals surface area contributed by atoms with Crippen LogP contribution in [0.1, 0.15) is 51.5 Å². The summed E-state index contributed by atoms with van der Waals surface area (Å²) >= 11 is 0. The minimum atomic E-state index is -1.17. The molecule has 5 aliphatic heterocycles. The number of hydrogen-bond acceptors (Lipinski definition) is 10. The van der Waals surface area contributed by atoms with Crippen LogP contribution >= 0.6 is 0 Å². The van der Waals surface area contributed by atoms with Crippen molar-refractivity contribution in [1.29, 1.82) is 5.26 Å². The lowest BCUT2D eigenvalue weighted by Gasteiger charge is -2.59. The maximum Gasteiger partial charge on any atom is 0.138 e.